The summed E-state index contributed by atoms with van der Waals surface area (Å²) in [6, 6.07) is 9.93. The summed E-state index contributed by atoms with van der Waals surface area (Å²) >= 11 is 1.50. The Labute approximate surface area is 227 Å². The van der Waals surface area contributed by atoms with Gasteiger partial charge in [0.05, 0.1) is 37.9 Å². The largest absolute Gasteiger partial charge is 0.493 e. The average molecular weight is 559 g/mol. The topological polar surface area (TPSA) is 141 Å². The summed E-state index contributed by atoms with van der Waals surface area (Å²) in [5.41, 5.74) is 11.1. The van der Waals surface area contributed by atoms with Crippen LogP contribution in [0.15, 0.2) is 45.2 Å². The number of thioether (sulfide) groups is 1. The van der Waals surface area contributed by atoms with E-state index in [0.29, 0.717) is 45.9 Å². The van der Waals surface area contributed by atoms with Gasteiger partial charge in [0.25, 0.3) is 0 Å². The summed E-state index contributed by atoms with van der Waals surface area (Å²) in [6.07, 6.45) is 0. The Morgan fingerprint density at radius 3 is 1.49 bits per heavy atom. The third-order valence-electron chi connectivity index (χ3n) is 5.56. The van der Waals surface area contributed by atoms with Crippen LogP contribution < -0.4 is 14.2 Å². The molecule has 0 radical (unpaired) electrons. The Morgan fingerprint density at radius 1 is 0.590 bits per heavy atom. The Balaban J connectivity index is 1.16. The molecule has 13 heteroatoms. The Bertz CT molecular complexity index is 1240. The van der Waals surface area contributed by atoms with Crippen molar-refractivity contribution in [3.8, 4) is 11.5 Å². The Hall–Kier alpha value is -3.81. The maximum absolute atomic E-state index is 12.2. The first kappa shape index (κ1) is 26.8. The van der Waals surface area contributed by atoms with Crippen LogP contribution in [-0.2, 0) is 30.5 Å². The summed E-state index contributed by atoms with van der Waals surface area (Å²) in [4.78, 5) is 24.4. The molecule has 206 valence electrons. The number of fused-ring (bicyclic) bond motifs is 17. The van der Waals surface area contributed by atoms with Crippen LogP contribution in [0.2, 0.25) is 0 Å². The van der Waals surface area contributed by atoms with Gasteiger partial charge in [-0.1, -0.05) is 0 Å². The lowest BCUT2D eigenvalue weighted by Gasteiger charge is -2.07. The van der Waals surface area contributed by atoms with Crippen molar-refractivity contribution in [3.63, 3.8) is 0 Å². The van der Waals surface area contributed by atoms with E-state index in [0.717, 1.165) is 4.70 Å². The van der Waals surface area contributed by atoms with E-state index in [2.05, 4.69) is 0 Å². The molecule has 6 bridgehead atoms. The first-order valence-corrected chi connectivity index (χ1v) is 13.4. The molecule has 3 aliphatic heterocycles. The van der Waals surface area contributed by atoms with Crippen molar-refractivity contribution in [2.75, 3.05) is 52.9 Å². The summed E-state index contributed by atoms with van der Waals surface area (Å²) < 4.78 is 44.8. The standard InChI is InChI=1S/C26H26N2O10S/c27-28-23-19-5-6-20(24(23)28)34-12-8-32-10-14-36-26(30)22-4-2-18(38-22)16-39-15-17-1-3-21(37-17)25(29)35-13-9-31-7-11-33-19/h1-6H,7-16H2. The zero-order chi connectivity index (χ0) is 27.0. The van der Waals surface area contributed by atoms with Crippen molar-refractivity contribution in [3.05, 3.63) is 65.0 Å². The molecule has 0 atom stereocenters. The molecule has 5 heterocycles. The lowest BCUT2D eigenvalue weighted by molar-refractivity contribution is 0.0240. The smallest absolute Gasteiger partial charge is 0.374 e. The summed E-state index contributed by atoms with van der Waals surface area (Å²) in [5.74, 6) is 2.24. The molecule has 6 rings (SSSR count). The number of nitrogens with zero attached hydrogens (tertiary/aromatic N) is 2. The van der Waals surface area contributed by atoms with Gasteiger partial charge in [0.2, 0.25) is 11.5 Å². The van der Waals surface area contributed by atoms with Crippen LogP contribution in [0.3, 0.4) is 0 Å². The van der Waals surface area contributed by atoms with Crippen molar-refractivity contribution < 1.29 is 46.8 Å². The maximum atomic E-state index is 12.2. The molecule has 0 aliphatic carbocycles. The third kappa shape index (κ3) is 6.99. The number of hydrogen-bond donors (Lipinski definition) is 0. The summed E-state index contributed by atoms with van der Waals surface area (Å²) in [5, 5.41) is 0. The lowest BCUT2D eigenvalue weighted by Crippen LogP contribution is -2.13. The lowest BCUT2D eigenvalue weighted by atomic mass is 10.3. The number of esters is 2. The highest BCUT2D eigenvalue weighted by molar-refractivity contribution is 7.97. The van der Waals surface area contributed by atoms with Gasteiger partial charge in [0.1, 0.15) is 37.9 Å². The monoisotopic (exact) mass is 558 g/mol. The number of rotatable bonds is 0. The number of benzene rings is 1. The van der Waals surface area contributed by atoms with Gasteiger partial charge in [-0.2, -0.15) is 0 Å². The van der Waals surface area contributed by atoms with Crippen LogP contribution in [0, 0.1) is 0 Å². The van der Waals surface area contributed by atoms with Gasteiger partial charge in [0.15, 0.2) is 11.5 Å². The molecule has 39 heavy (non-hydrogen) atoms. The predicted octanol–water partition coefficient (Wildman–Crippen LogP) is 4.29. The molecule has 0 spiro atoms. The highest BCUT2D eigenvalue weighted by Gasteiger charge is 2.43. The van der Waals surface area contributed by atoms with Crippen LogP contribution in [0.4, 0.5) is 11.4 Å². The molecule has 2 aromatic heterocycles. The average Bonchev–Trinajstić information content (AvgIpc) is 3.28. The maximum Gasteiger partial charge on any atom is 0.374 e. The molecule has 0 N–H and O–H groups in total. The second kappa shape index (κ2) is 12.8. The summed E-state index contributed by atoms with van der Waals surface area (Å²) in [6.45, 7) is 1.51. The first-order chi connectivity index (χ1) is 19.1. The number of furan rings is 2. The fraction of sp³-hybridized carbons (Fsp3) is 0.385. The number of carbonyl (C=O) groups is 2. The van der Waals surface area contributed by atoms with Crippen molar-refractivity contribution in [1.29, 1.82) is 0 Å². The van der Waals surface area contributed by atoms with Crippen LogP contribution in [0.1, 0.15) is 32.6 Å². The minimum Gasteiger partial charge on any atom is -0.493 e. The number of hydrogen-bond acceptors (Lipinski definition) is 11. The van der Waals surface area contributed by atoms with Gasteiger partial charge in [-0.15, -0.1) is 11.8 Å². The number of carbonyl (C=O) groups excluding carboxylic acids is 2. The van der Waals surface area contributed by atoms with Crippen LogP contribution in [0.5, 0.6) is 11.5 Å². The van der Waals surface area contributed by atoms with E-state index in [1.807, 2.05) is 0 Å². The molecule has 12 nitrogen and oxygen atoms in total. The Kier molecular flexibility index (Phi) is 8.81. The molecule has 0 saturated heterocycles. The van der Waals surface area contributed by atoms with Crippen molar-refractivity contribution >= 4 is 35.1 Å². The fourth-order valence-corrected chi connectivity index (χ4v) is 4.49. The minimum atomic E-state index is -0.581. The molecule has 0 saturated carbocycles. The van der Waals surface area contributed by atoms with E-state index < -0.39 is 11.9 Å². The van der Waals surface area contributed by atoms with Crippen molar-refractivity contribution in [1.82, 2.24) is 4.70 Å². The van der Waals surface area contributed by atoms with Crippen molar-refractivity contribution in [2.24, 2.45) is 0 Å². The first-order valence-electron chi connectivity index (χ1n) is 12.3. The molecular formula is C26H26N2O10S. The van der Waals surface area contributed by atoms with Gasteiger partial charge in [0, 0.05) is 0 Å². The third-order valence-corrected chi connectivity index (χ3v) is 6.53. The van der Waals surface area contributed by atoms with E-state index in [4.69, 9.17) is 37.3 Å². The van der Waals surface area contributed by atoms with Gasteiger partial charge in [-0.3, -0.25) is 0 Å². The number of ether oxygens (including phenoxy) is 6. The van der Waals surface area contributed by atoms with Gasteiger partial charge in [-0.25, -0.2) is 14.3 Å². The summed E-state index contributed by atoms with van der Waals surface area (Å²) in [7, 11) is 0. The van der Waals surface area contributed by atoms with Crippen LogP contribution >= 0.6 is 11.8 Å². The molecule has 3 aromatic rings. The predicted molar refractivity (Wildman–Crippen MR) is 137 cm³/mol. The van der Waals surface area contributed by atoms with E-state index in [1.54, 1.807) is 36.4 Å². The van der Waals surface area contributed by atoms with Crippen LogP contribution in [-0.4, -0.2) is 64.8 Å². The fourth-order valence-electron chi connectivity index (χ4n) is 3.68. The van der Waals surface area contributed by atoms with Crippen LogP contribution in [0.25, 0.3) is 5.53 Å². The second-order valence-electron chi connectivity index (χ2n) is 8.29. The normalized spacial score (nSPS) is 17.9. The molecule has 0 amide bonds. The highest BCUT2D eigenvalue weighted by atomic mass is 32.2. The van der Waals surface area contributed by atoms with E-state index >= 15 is 0 Å². The minimum absolute atomic E-state index is 0.0580. The molecule has 0 unspecified atom stereocenters. The Morgan fingerprint density at radius 2 is 1.03 bits per heavy atom. The molecular weight excluding hydrogens is 532 g/mol. The molecule has 1 aromatic carbocycles. The highest BCUT2D eigenvalue weighted by Crippen LogP contribution is 2.56. The van der Waals surface area contributed by atoms with Gasteiger partial charge in [-0.05, 0) is 36.4 Å². The SMILES string of the molecule is [N-]=[N+]1c2c3ccc(c21)OCCOCCOC(=O)c1ccc(o1)CSCc1ccc(o1)C(=O)OCCOCCO3. The zero-order valence-electron chi connectivity index (χ0n) is 20.9. The second-order valence-corrected chi connectivity index (χ2v) is 9.27. The molecule has 0 fully saturated rings. The van der Waals surface area contributed by atoms with Crippen molar-refractivity contribution in [2.45, 2.75) is 11.5 Å². The molecule has 3 aliphatic rings. The van der Waals surface area contributed by atoms with E-state index in [9.17, 15) is 15.1 Å². The van der Waals surface area contributed by atoms with E-state index in [-0.39, 0.29) is 64.4 Å². The van der Waals surface area contributed by atoms with Gasteiger partial charge >= 0.3 is 23.3 Å². The quantitative estimate of drug-likeness (QED) is 0.132. The zero-order valence-corrected chi connectivity index (χ0v) is 21.7. The van der Waals surface area contributed by atoms with Gasteiger partial charge < -0.3 is 42.8 Å². The van der Waals surface area contributed by atoms with E-state index in [1.165, 1.54) is 11.8 Å².